The number of rotatable bonds is 8. The van der Waals surface area contributed by atoms with Gasteiger partial charge in [0.1, 0.15) is 0 Å². The molecule has 0 saturated carbocycles. The van der Waals surface area contributed by atoms with E-state index in [2.05, 4.69) is 13.8 Å². The lowest BCUT2D eigenvalue weighted by Crippen LogP contribution is -2.42. The lowest BCUT2D eigenvalue weighted by molar-refractivity contribution is -0.395. The second-order valence-corrected chi connectivity index (χ2v) is 7.45. The van der Waals surface area contributed by atoms with Gasteiger partial charge in [-0.05, 0) is 24.8 Å². The van der Waals surface area contributed by atoms with Crippen LogP contribution in [0.4, 0.5) is 11.4 Å². The van der Waals surface area contributed by atoms with Crippen LogP contribution >= 0.6 is 0 Å². The van der Waals surface area contributed by atoms with E-state index in [1.165, 1.54) is 0 Å². The fourth-order valence-corrected chi connectivity index (χ4v) is 2.16. The van der Waals surface area contributed by atoms with E-state index >= 15 is 0 Å². The van der Waals surface area contributed by atoms with Crippen LogP contribution in [0.15, 0.2) is 18.2 Å². The summed E-state index contributed by atoms with van der Waals surface area (Å²) >= 11 is 0. The van der Waals surface area contributed by atoms with Crippen LogP contribution in [0.25, 0.3) is 0 Å². The molecule has 1 rings (SSSR count). The van der Waals surface area contributed by atoms with Crippen LogP contribution in [0.1, 0.15) is 47.5 Å². The number of hydroxylamine groups is 2. The van der Waals surface area contributed by atoms with E-state index in [9.17, 15) is 25.0 Å². The molecule has 26 heavy (non-hydrogen) atoms. The van der Waals surface area contributed by atoms with E-state index in [0.29, 0.717) is 12.3 Å². The average molecular weight is 367 g/mol. The van der Waals surface area contributed by atoms with Gasteiger partial charge in [0.15, 0.2) is 0 Å². The molecule has 0 saturated heterocycles. The molecular formula is C17H25N3O6. The van der Waals surface area contributed by atoms with Gasteiger partial charge in [0, 0.05) is 11.5 Å². The molecule has 0 atom stereocenters. The summed E-state index contributed by atoms with van der Waals surface area (Å²) < 4.78 is 0. The van der Waals surface area contributed by atoms with Crippen LogP contribution in [-0.2, 0) is 4.79 Å². The monoisotopic (exact) mass is 367 g/mol. The Kier molecular flexibility index (Phi) is 7.05. The van der Waals surface area contributed by atoms with Gasteiger partial charge >= 0.3 is 5.69 Å². The summed E-state index contributed by atoms with van der Waals surface area (Å²) in [6.07, 6.45) is 1.53. The van der Waals surface area contributed by atoms with Gasteiger partial charge in [-0.2, -0.15) is 5.06 Å². The molecule has 0 aliphatic carbocycles. The third-order valence-electron chi connectivity index (χ3n) is 3.57. The second kappa shape index (κ2) is 8.59. The molecule has 0 fully saturated rings. The van der Waals surface area contributed by atoms with Gasteiger partial charge in [-0.15, -0.1) is 0 Å². The number of benzene rings is 1. The summed E-state index contributed by atoms with van der Waals surface area (Å²) in [5.74, 6) is -0.0908. The molecule has 1 amide bonds. The van der Waals surface area contributed by atoms with Crippen molar-refractivity contribution in [3.63, 3.8) is 0 Å². The lowest BCUT2D eigenvalue weighted by Gasteiger charge is -2.28. The average Bonchev–Trinajstić information content (AvgIpc) is 2.51. The van der Waals surface area contributed by atoms with Crippen molar-refractivity contribution >= 4 is 17.3 Å². The highest BCUT2D eigenvalue weighted by Crippen LogP contribution is 2.32. The zero-order chi connectivity index (χ0) is 20.1. The van der Waals surface area contributed by atoms with Crippen molar-refractivity contribution in [3.8, 4) is 5.75 Å². The Hall–Kier alpha value is -2.71. The van der Waals surface area contributed by atoms with Crippen molar-refractivity contribution in [1.29, 1.82) is 0 Å². The normalized spacial score (nSPS) is 11.3. The standard InChI is InChI=1S/C17H25N3O6/c1-12(2)7-6-10-18(16(21)17(3,4)5)26-15-9-8-13(19(22)23)11-14(15)20(24)25/h8-9,11-12H,6-7,10H2,1-5H3. The largest absolute Gasteiger partial charge is 0.369 e. The van der Waals surface area contributed by atoms with E-state index < -0.39 is 26.6 Å². The first-order valence-corrected chi connectivity index (χ1v) is 8.36. The Morgan fingerprint density at radius 2 is 1.81 bits per heavy atom. The van der Waals surface area contributed by atoms with E-state index in [-0.39, 0.29) is 18.2 Å². The third kappa shape index (κ3) is 5.98. The Bertz CT molecular complexity index is 682. The number of hydrogen-bond acceptors (Lipinski definition) is 6. The number of hydrogen-bond donors (Lipinski definition) is 0. The van der Waals surface area contributed by atoms with Gasteiger partial charge in [-0.3, -0.25) is 25.0 Å². The molecule has 0 aliphatic rings. The smallest absolute Gasteiger partial charge is 0.321 e. The van der Waals surface area contributed by atoms with Crippen molar-refractivity contribution in [2.45, 2.75) is 47.5 Å². The van der Waals surface area contributed by atoms with Crippen LogP contribution in [0, 0.1) is 31.6 Å². The number of carbonyl (C=O) groups is 1. The maximum absolute atomic E-state index is 12.6. The fourth-order valence-electron chi connectivity index (χ4n) is 2.16. The van der Waals surface area contributed by atoms with Gasteiger partial charge in [-0.25, -0.2) is 0 Å². The number of nitro groups is 2. The van der Waals surface area contributed by atoms with Crippen molar-refractivity contribution in [3.05, 3.63) is 38.4 Å². The summed E-state index contributed by atoms with van der Waals surface area (Å²) in [6, 6.07) is 3.07. The molecule has 9 heteroatoms. The van der Waals surface area contributed by atoms with Crippen molar-refractivity contribution in [1.82, 2.24) is 5.06 Å². The van der Waals surface area contributed by atoms with E-state index in [4.69, 9.17) is 4.84 Å². The van der Waals surface area contributed by atoms with Crippen molar-refractivity contribution < 1.29 is 19.5 Å². The maximum Gasteiger partial charge on any atom is 0.321 e. The maximum atomic E-state index is 12.6. The first-order valence-electron chi connectivity index (χ1n) is 8.36. The molecule has 0 aliphatic heterocycles. The van der Waals surface area contributed by atoms with Gasteiger partial charge in [-0.1, -0.05) is 34.6 Å². The second-order valence-electron chi connectivity index (χ2n) is 7.45. The molecule has 0 bridgehead atoms. The van der Waals surface area contributed by atoms with Crippen LogP contribution in [-0.4, -0.2) is 27.4 Å². The number of amides is 1. The Balaban J connectivity index is 3.14. The van der Waals surface area contributed by atoms with E-state index in [0.717, 1.165) is 29.7 Å². The minimum Gasteiger partial charge on any atom is -0.369 e. The highest BCUT2D eigenvalue weighted by Gasteiger charge is 2.31. The van der Waals surface area contributed by atoms with E-state index in [1.807, 2.05) is 0 Å². The van der Waals surface area contributed by atoms with Crippen molar-refractivity contribution in [2.24, 2.45) is 11.3 Å². The number of nitrogens with zero attached hydrogens (tertiary/aromatic N) is 3. The predicted octanol–water partition coefficient (Wildman–Crippen LogP) is 4.11. The molecule has 0 heterocycles. The zero-order valence-electron chi connectivity index (χ0n) is 15.7. The minimum absolute atomic E-state index is 0.206. The Labute approximate surface area is 152 Å². The number of non-ortho nitro benzene ring substituents is 1. The highest BCUT2D eigenvalue weighted by atomic mass is 16.7. The highest BCUT2D eigenvalue weighted by molar-refractivity contribution is 5.80. The zero-order valence-corrected chi connectivity index (χ0v) is 15.7. The van der Waals surface area contributed by atoms with E-state index in [1.54, 1.807) is 20.8 Å². The summed E-state index contributed by atoms with van der Waals surface area (Å²) in [6.45, 7) is 9.54. The lowest BCUT2D eigenvalue weighted by atomic mass is 9.95. The molecular weight excluding hydrogens is 342 g/mol. The van der Waals surface area contributed by atoms with Crippen LogP contribution in [0.5, 0.6) is 5.75 Å². The Morgan fingerprint density at radius 3 is 2.27 bits per heavy atom. The topological polar surface area (TPSA) is 116 Å². The molecule has 9 nitrogen and oxygen atoms in total. The van der Waals surface area contributed by atoms with Gasteiger partial charge in [0.25, 0.3) is 11.6 Å². The first kappa shape index (κ1) is 21.3. The molecule has 0 radical (unpaired) electrons. The van der Waals surface area contributed by atoms with Crippen molar-refractivity contribution in [2.75, 3.05) is 6.54 Å². The fraction of sp³-hybridized carbons (Fsp3) is 0.588. The first-order chi connectivity index (χ1) is 11.9. The van der Waals surface area contributed by atoms with Crippen LogP contribution in [0.2, 0.25) is 0 Å². The molecule has 1 aromatic rings. The molecule has 144 valence electrons. The summed E-state index contributed by atoms with van der Waals surface area (Å²) in [4.78, 5) is 38.7. The molecule has 0 aromatic heterocycles. The quantitative estimate of drug-likeness (QED) is 0.504. The summed E-state index contributed by atoms with van der Waals surface area (Å²) in [5.41, 5.74) is -1.72. The van der Waals surface area contributed by atoms with Crippen LogP contribution in [0.3, 0.4) is 0 Å². The molecule has 0 spiro atoms. The van der Waals surface area contributed by atoms with Gasteiger partial charge in [0.05, 0.1) is 22.5 Å². The minimum atomic E-state index is -0.768. The molecule has 0 N–H and O–H groups in total. The van der Waals surface area contributed by atoms with Gasteiger partial charge in [0.2, 0.25) is 5.75 Å². The Morgan fingerprint density at radius 1 is 1.19 bits per heavy atom. The molecule has 0 unspecified atom stereocenters. The summed E-state index contributed by atoms with van der Waals surface area (Å²) in [5, 5.41) is 23.2. The SMILES string of the molecule is CC(C)CCCN(Oc1ccc([N+](=O)[O-])cc1[N+](=O)[O-])C(=O)C(C)(C)C. The summed E-state index contributed by atoms with van der Waals surface area (Å²) in [7, 11) is 0. The van der Waals surface area contributed by atoms with Gasteiger partial charge < -0.3 is 4.84 Å². The predicted molar refractivity (Wildman–Crippen MR) is 95.6 cm³/mol. The number of nitro benzene ring substituents is 2. The molecule has 1 aromatic carbocycles. The van der Waals surface area contributed by atoms with Crippen LogP contribution < -0.4 is 4.84 Å². The third-order valence-corrected chi connectivity index (χ3v) is 3.57. The number of carbonyl (C=O) groups excluding carboxylic acids is 1.